The number of hydrogen-bond acceptors (Lipinski definition) is 2. The number of carbonyl (C=O) groups excluding carboxylic acids is 1. The molecule has 1 aromatic heterocycles. The van der Waals surface area contributed by atoms with E-state index in [-0.39, 0.29) is 16.4 Å². The molecule has 0 amide bonds. The first-order chi connectivity index (χ1) is 9.66. The van der Waals surface area contributed by atoms with Crippen molar-refractivity contribution < 1.29 is 9.18 Å². The number of pyridine rings is 1. The van der Waals surface area contributed by atoms with Crippen LogP contribution < -0.4 is 0 Å². The van der Waals surface area contributed by atoms with Gasteiger partial charge in [-0.2, -0.15) is 0 Å². The van der Waals surface area contributed by atoms with Crippen LogP contribution in [0.1, 0.15) is 15.9 Å². The molecule has 3 aromatic rings. The van der Waals surface area contributed by atoms with E-state index in [2.05, 4.69) is 4.98 Å². The number of aromatic nitrogens is 1. The van der Waals surface area contributed by atoms with E-state index in [4.69, 9.17) is 11.6 Å². The Labute approximate surface area is 119 Å². The Hall–Kier alpha value is -2.26. The zero-order valence-electron chi connectivity index (χ0n) is 10.3. The maximum absolute atomic E-state index is 13.3. The van der Waals surface area contributed by atoms with Crippen molar-refractivity contribution in [3.63, 3.8) is 0 Å². The van der Waals surface area contributed by atoms with Crippen molar-refractivity contribution in [3.8, 4) is 0 Å². The van der Waals surface area contributed by atoms with E-state index in [1.807, 2.05) is 12.1 Å². The molecule has 0 saturated carbocycles. The van der Waals surface area contributed by atoms with Crippen LogP contribution in [0.5, 0.6) is 0 Å². The Morgan fingerprint density at radius 2 is 1.85 bits per heavy atom. The molecule has 0 saturated heterocycles. The second-order valence-corrected chi connectivity index (χ2v) is 4.74. The summed E-state index contributed by atoms with van der Waals surface area (Å²) in [5.41, 5.74) is 1.14. The molecule has 1 heterocycles. The van der Waals surface area contributed by atoms with Crippen molar-refractivity contribution in [2.75, 3.05) is 0 Å². The van der Waals surface area contributed by atoms with Crippen LogP contribution in [0.15, 0.2) is 54.7 Å². The molecule has 0 spiro atoms. The fraction of sp³-hybridized carbons (Fsp3) is 0. The van der Waals surface area contributed by atoms with Crippen molar-refractivity contribution in [1.29, 1.82) is 0 Å². The van der Waals surface area contributed by atoms with Crippen LogP contribution in [0.25, 0.3) is 10.9 Å². The zero-order valence-corrected chi connectivity index (χ0v) is 11.1. The predicted octanol–water partition coefficient (Wildman–Crippen LogP) is 4.26. The van der Waals surface area contributed by atoms with E-state index in [9.17, 15) is 9.18 Å². The van der Waals surface area contributed by atoms with E-state index in [1.54, 1.807) is 24.4 Å². The van der Waals surface area contributed by atoms with E-state index < -0.39 is 5.82 Å². The number of fused-ring (bicyclic) bond motifs is 1. The lowest BCUT2D eigenvalue weighted by atomic mass is 10.0. The minimum Gasteiger partial charge on any atom is -0.288 e. The molecule has 0 bridgehead atoms. The molecule has 98 valence electrons. The highest BCUT2D eigenvalue weighted by molar-refractivity contribution is 6.35. The second-order valence-electron chi connectivity index (χ2n) is 4.33. The Morgan fingerprint density at radius 3 is 2.70 bits per heavy atom. The molecular formula is C16H9ClFNO. The Bertz CT molecular complexity index is 811. The lowest BCUT2D eigenvalue weighted by Gasteiger charge is -2.06. The number of nitrogens with zero attached hydrogens (tertiary/aromatic N) is 1. The molecule has 0 aliphatic carbocycles. The van der Waals surface area contributed by atoms with Crippen molar-refractivity contribution >= 4 is 28.3 Å². The quantitative estimate of drug-likeness (QED) is 0.659. The first kappa shape index (κ1) is 12.8. The SMILES string of the molecule is O=C(c1cc(F)ccc1Cl)c1cccc2cccnc12. The summed E-state index contributed by atoms with van der Waals surface area (Å²) in [6.07, 6.45) is 1.62. The average molecular weight is 286 g/mol. The van der Waals surface area contributed by atoms with Gasteiger partial charge >= 0.3 is 0 Å². The smallest absolute Gasteiger partial charge is 0.196 e. The summed E-state index contributed by atoms with van der Waals surface area (Å²) in [4.78, 5) is 16.8. The van der Waals surface area contributed by atoms with Gasteiger partial charge in [0.25, 0.3) is 0 Å². The summed E-state index contributed by atoms with van der Waals surface area (Å²) in [5, 5.41) is 1.08. The highest BCUT2D eigenvalue weighted by atomic mass is 35.5. The van der Waals surface area contributed by atoms with Crippen molar-refractivity contribution in [1.82, 2.24) is 4.98 Å². The maximum atomic E-state index is 13.3. The second kappa shape index (κ2) is 5.02. The number of para-hydroxylation sites is 1. The van der Waals surface area contributed by atoms with Crippen LogP contribution in [-0.4, -0.2) is 10.8 Å². The summed E-state index contributed by atoms with van der Waals surface area (Å²) in [5.74, 6) is -0.829. The fourth-order valence-corrected chi connectivity index (χ4v) is 2.31. The van der Waals surface area contributed by atoms with Gasteiger partial charge in [-0.25, -0.2) is 4.39 Å². The molecule has 0 radical (unpaired) electrons. The Kier molecular flexibility index (Phi) is 3.20. The molecular weight excluding hydrogens is 277 g/mol. The van der Waals surface area contributed by atoms with Crippen LogP contribution >= 0.6 is 11.6 Å². The molecule has 2 nitrogen and oxygen atoms in total. The lowest BCUT2D eigenvalue weighted by Crippen LogP contribution is -2.04. The summed E-state index contributed by atoms with van der Waals surface area (Å²) in [6.45, 7) is 0. The molecule has 0 atom stereocenters. The summed E-state index contributed by atoms with van der Waals surface area (Å²) >= 11 is 5.98. The molecule has 0 fully saturated rings. The maximum Gasteiger partial charge on any atom is 0.196 e. The molecule has 0 N–H and O–H groups in total. The highest BCUT2D eigenvalue weighted by Gasteiger charge is 2.16. The van der Waals surface area contributed by atoms with Crippen LogP contribution in [0.4, 0.5) is 4.39 Å². The largest absolute Gasteiger partial charge is 0.288 e. The van der Waals surface area contributed by atoms with Gasteiger partial charge < -0.3 is 0 Å². The molecule has 3 rings (SSSR count). The minimum atomic E-state index is -0.494. The number of halogens is 2. The third-order valence-corrected chi connectivity index (χ3v) is 3.38. The number of ketones is 1. The minimum absolute atomic E-state index is 0.143. The van der Waals surface area contributed by atoms with E-state index in [1.165, 1.54) is 12.1 Å². The lowest BCUT2D eigenvalue weighted by molar-refractivity contribution is 0.104. The van der Waals surface area contributed by atoms with Gasteiger partial charge in [-0.1, -0.05) is 29.8 Å². The van der Waals surface area contributed by atoms with Crippen LogP contribution in [0, 0.1) is 5.82 Å². The average Bonchev–Trinajstić information content (AvgIpc) is 2.48. The van der Waals surface area contributed by atoms with Gasteiger partial charge in [-0.05, 0) is 30.3 Å². The van der Waals surface area contributed by atoms with E-state index in [0.717, 1.165) is 11.5 Å². The third-order valence-electron chi connectivity index (χ3n) is 3.05. The standard InChI is InChI=1S/C16H9ClFNO/c17-14-7-6-11(18)9-13(14)16(20)12-5-1-3-10-4-2-8-19-15(10)12/h1-9H. The Balaban J connectivity index is 2.20. The van der Waals surface area contributed by atoms with E-state index in [0.29, 0.717) is 11.1 Å². The molecule has 0 aliphatic heterocycles. The topological polar surface area (TPSA) is 30.0 Å². The van der Waals surface area contributed by atoms with Gasteiger partial charge in [0.2, 0.25) is 0 Å². The monoisotopic (exact) mass is 285 g/mol. The van der Waals surface area contributed by atoms with Crippen molar-refractivity contribution in [2.45, 2.75) is 0 Å². The van der Waals surface area contributed by atoms with Crippen LogP contribution in [-0.2, 0) is 0 Å². The first-order valence-corrected chi connectivity index (χ1v) is 6.38. The third kappa shape index (κ3) is 2.17. The molecule has 20 heavy (non-hydrogen) atoms. The van der Waals surface area contributed by atoms with Gasteiger partial charge in [0.15, 0.2) is 5.78 Å². The first-order valence-electron chi connectivity index (χ1n) is 6.00. The number of benzene rings is 2. The van der Waals surface area contributed by atoms with Gasteiger partial charge in [-0.15, -0.1) is 0 Å². The molecule has 0 aliphatic rings. The molecule has 0 unspecified atom stereocenters. The van der Waals surface area contributed by atoms with Gasteiger partial charge in [-0.3, -0.25) is 9.78 Å². The van der Waals surface area contributed by atoms with Crippen molar-refractivity contribution in [3.05, 3.63) is 76.7 Å². The summed E-state index contributed by atoms with van der Waals surface area (Å²) in [6, 6.07) is 12.7. The summed E-state index contributed by atoms with van der Waals surface area (Å²) in [7, 11) is 0. The molecule has 2 aromatic carbocycles. The number of hydrogen-bond donors (Lipinski definition) is 0. The fourth-order valence-electron chi connectivity index (χ4n) is 2.10. The highest BCUT2D eigenvalue weighted by Crippen LogP contribution is 2.24. The number of carbonyl (C=O) groups is 1. The van der Waals surface area contributed by atoms with Gasteiger partial charge in [0.1, 0.15) is 5.82 Å². The predicted molar refractivity (Wildman–Crippen MR) is 76.6 cm³/mol. The van der Waals surface area contributed by atoms with Crippen LogP contribution in [0.3, 0.4) is 0 Å². The number of rotatable bonds is 2. The normalized spacial score (nSPS) is 10.7. The van der Waals surface area contributed by atoms with Crippen molar-refractivity contribution in [2.24, 2.45) is 0 Å². The van der Waals surface area contributed by atoms with Gasteiger partial charge in [0.05, 0.1) is 10.5 Å². The zero-order chi connectivity index (χ0) is 14.1. The summed E-state index contributed by atoms with van der Waals surface area (Å²) < 4.78 is 13.3. The molecule has 4 heteroatoms. The Morgan fingerprint density at radius 1 is 1.05 bits per heavy atom. The van der Waals surface area contributed by atoms with E-state index >= 15 is 0 Å². The van der Waals surface area contributed by atoms with Crippen LogP contribution in [0.2, 0.25) is 5.02 Å². The van der Waals surface area contributed by atoms with Gasteiger partial charge in [0, 0.05) is 22.7 Å².